The van der Waals surface area contributed by atoms with E-state index in [2.05, 4.69) is 4.72 Å². The van der Waals surface area contributed by atoms with Crippen molar-refractivity contribution >= 4 is 11.4 Å². The van der Waals surface area contributed by atoms with Gasteiger partial charge >= 0.3 is 0 Å². The van der Waals surface area contributed by atoms with Gasteiger partial charge in [-0.3, -0.25) is 0 Å². The van der Waals surface area contributed by atoms with Gasteiger partial charge in [-0.15, -0.1) is 4.72 Å². The maximum absolute atomic E-state index is 10.4. The fourth-order valence-electron chi connectivity index (χ4n) is 0.446. The number of hydrogen-bond donors (Lipinski definition) is 1. The minimum atomic E-state index is -0.871. The molecule has 0 saturated carbocycles. The third-order valence-corrected chi connectivity index (χ3v) is 1.70. The lowest BCUT2D eigenvalue weighted by Gasteiger charge is -2.07. The molecule has 0 aromatic rings. The van der Waals surface area contributed by atoms with Crippen LogP contribution in [-0.2, 0) is 11.4 Å². The van der Waals surface area contributed by atoms with Gasteiger partial charge in [-0.25, -0.2) is 0 Å². The van der Waals surface area contributed by atoms with Crippen LogP contribution in [0.4, 0.5) is 0 Å². The van der Waals surface area contributed by atoms with Crippen molar-refractivity contribution in [3.05, 3.63) is 11.5 Å². The second-order valence-corrected chi connectivity index (χ2v) is 2.51. The van der Waals surface area contributed by atoms with Crippen molar-refractivity contribution in [2.75, 3.05) is 6.54 Å². The van der Waals surface area contributed by atoms with Gasteiger partial charge in [-0.1, -0.05) is 0 Å². The molecular weight excluding hydrogens is 110 g/mol. The Balaban J connectivity index is 2.36. The number of hydrogen-bond acceptors (Lipinski definition) is 2. The van der Waals surface area contributed by atoms with Crippen molar-refractivity contribution in [1.29, 1.82) is 0 Å². The van der Waals surface area contributed by atoms with E-state index in [1.165, 1.54) is 0 Å². The van der Waals surface area contributed by atoms with Crippen LogP contribution in [0.25, 0.3) is 0 Å². The van der Waals surface area contributed by atoms with E-state index in [1.54, 1.807) is 5.41 Å². The summed E-state index contributed by atoms with van der Waals surface area (Å²) in [4.78, 5) is 0. The van der Waals surface area contributed by atoms with Gasteiger partial charge in [0.15, 0.2) is 0 Å². The lowest BCUT2D eigenvalue weighted by Crippen LogP contribution is -2.24. The van der Waals surface area contributed by atoms with Gasteiger partial charge in [0.2, 0.25) is 0 Å². The first-order chi connectivity index (χ1) is 3.39. The zero-order chi connectivity index (χ0) is 5.11. The monoisotopic (exact) mass is 117 g/mol. The Morgan fingerprint density at radius 1 is 1.71 bits per heavy atom. The Morgan fingerprint density at radius 2 is 2.57 bits per heavy atom. The third kappa shape index (κ3) is 1.51. The molecule has 40 valence electrons. The maximum Gasteiger partial charge on any atom is 0.134 e. The summed E-state index contributed by atoms with van der Waals surface area (Å²) in [6.07, 6.45) is 2.93. The van der Waals surface area contributed by atoms with Gasteiger partial charge in [0.05, 0.1) is 11.4 Å². The summed E-state index contributed by atoms with van der Waals surface area (Å²) in [5, 5.41) is 1.67. The van der Waals surface area contributed by atoms with Crippen LogP contribution in [0.3, 0.4) is 0 Å². The normalized spacial score (nSPS) is 30.7. The van der Waals surface area contributed by atoms with Gasteiger partial charge in [-0.05, 0) is 12.5 Å². The Morgan fingerprint density at radius 3 is 2.86 bits per heavy atom. The first kappa shape index (κ1) is 5.15. The van der Waals surface area contributed by atoms with Gasteiger partial charge in [0, 0.05) is 6.54 Å². The largest absolute Gasteiger partial charge is 0.593 e. The van der Waals surface area contributed by atoms with E-state index < -0.39 is 11.4 Å². The van der Waals surface area contributed by atoms with Crippen molar-refractivity contribution in [2.45, 2.75) is 6.42 Å². The lowest BCUT2D eigenvalue weighted by atomic mass is 10.4. The predicted molar refractivity (Wildman–Crippen MR) is 29.9 cm³/mol. The average Bonchev–Trinajstić information content (AvgIpc) is 1.69. The fourth-order valence-corrected chi connectivity index (χ4v) is 1.17. The second kappa shape index (κ2) is 2.35. The molecule has 0 amide bonds. The maximum atomic E-state index is 10.4. The lowest BCUT2D eigenvalue weighted by molar-refractivity contribution is 0.587. The van der Waals surface area contributed by atoms with E-state index in [9.17, 15) is 4.55 Å². The van der Waals surface area contributed by atoms with Gasteiger partial charge in [0.1, 0.15) is 5.41 Å². The zero-order valence-corrected chi connectivity index (χ0v) is 4.70. The highest BCUT2D eigenvalue weighted by Crippen LogP contribution is 1.95. The Labute approximate surface area is 45.9 Å². The van der Waals surface area contributed by atoms with Gasteiger partial charge in [0.25, 0.3) is 0 Å². The highest BCUT2D eigenvalue weighted by Gasteiger charge is 2.02. The Kier molecular flexibility index (Phi) is 1.73. The molecule has 0 saturated heterocycles. The Hall–Kier alpha value is 0.01000. The van der Waals surface area contributed by atoms with E-state index in [1.807, 2.05) is 6.08 Å². The van der Waals surface area contributed by atoms with E-state index >= 15 is 0 Å². The van der Waals surface area contributed by atoms with Crippen molar-refractivity contribution < 1.29 is 4.55 Å². The Bertz CT molecular complexity index is 83.8. The van der Waals surface area contributed by atoms with Crippen LogP contribution in [-0.4, -0.2) is 11.1 Å². The molecule has 1 atom stereocenters. The van der Waals surface area contributed by atoms with Crippen LogP contribution in [0.2, 0.25) is 0 Å². The smallest absolute Gasteiger partial charge is 0.134 e. The predicted octanol–water partition coefficient (Wildman–Crippen LogP) is 0.157. The molecule has 7 heavy (non-hydrogen) atoms. The molecule has 1 N–H and O–H groups in total. The molecule has 1 heterocycles. The molecule has 0 aromatic carbocycles. The van der Waals surface area contributed by atoms with E-state index in [0.29, 0.717) is 0 Å². The summed E-state index contributed by atoms with van der Waals surface area (Å²) in [5.74, 6) is 0. The molecule has 1 aliphatic rings. The SMILES string of the molecule is [O-][S+]1C=CCCN1. The summed E-state index contributed by atoms with van der Waals surface area (Å²) in [6.45, 7) is 0.850. The van der Waals surface area contributed by atoms with Crippen LogP contribution >= 0.6 is 0 Å². The van der Waals surface area contributed by atoms with Crippen molar-refractivity contribution in [1.82, 2.24) is 4.72 Å². The van der Waals surface area contributed by atoms with E-state index in [-0.39, 0.29) is 0 Å². The topological polar surface area (TPSA) is 35.1 Å². The zero-order valence-electron chi connectivity index (χ0n) is 3.89. The molecule has 1 rings (SSSR count). The highest BCUT2D eigenvalue weighted by atomic mass is 32.2. The summed E-state index contributed by atoms with van der Waals surface area (Å²) in [6, 6.07) is 0. The molecule has 0 fully saturated rings. The molecule has 2 nitrogen and oxygen atoms in total. The van der Waals surface area contributed by atoms with Gasteiger partial charge < -0.3 is 4.55 Å². The van der Waals surface area contributed by atoms with Crippen LogP contribution in [0.5, 0.6) is 0 Å². The molecule has 0 bridgehead atoms. The van der Waals surface area contributed by atoms with Crippen LogP contribution in [0.1, 0.15) is 6.42 Å². The fraction of sp³-hybridized carbons (Fsp3) is 0.500. The van der Waals surface area contributed by atoms with Crippen molar-refractivity contribution in [3.8, 4) is 0 Å². The number of nitrogens with one attached hydrogen (secondary N) is 1. The molecule has 0 radical (unpaired) electrons. The van der Waals surface area contributed by atoms with Crippen LogP contribution in [0, 0.1) is 0 Å². The minimum Gasteiger partial charge on any atom is -0.593 e. The first-order valence-electron chi connectivity index (χ1n) is 2.20. The summed E-state index contributed by atoms with van der Waals surface area (Å²) in [5.41, 5.74) is 0. The average molecular weight is 117 g/mol. The van der Waals surface area contributed by atoms with E-state index in [4.69, 9.17) is 0 Å². The summed E-state index contributed by atoms with van der Waals surface area (Å²) < 4.78 is 13.1. The molecule has 3 heteroatoms. The van der Waals surface area contributed by atoms with Crippen LogP contribution in [0.15, 0.2) is 11.5 Å². The van der Waals surface area contributed by atoms with E-state index in [0.717, 1.165) is 13.0 Å². The molecule has 0 aliphatic carbocycles. The summed E-state index contributed by atoms with van der Waals surface area (Å²) >= 11 is -0.871. The third-order valence-electron chi connectivity index (χ3n) is 0.775. The number of rotatable bonds is 0. The molecular formula is C4H7NOS. The quantitative estimate of drug-likeness (QED) is 0.458. The van der Waals surface area contributed by atoms with Crippen LogP contribution < -0.4 is 4.72 Å². The van der Waals surface area contributed by atoms with Crippen molar-refractivity contribution in [3.63, 3.8) is 0 Å². The molecule has 1 unspecified atom stereocenters. The standard InChI is InChI=1S/C4H7NOS/c6-7-4-2-1-3-5-7/h2,4-5H,1,3H2. The first-order valence-corrected chi connectivity index (χ1v) is 3.41. The molecule has 0 aromatic heterocycles. The second-order valence-electron chi connectivity index (χ2n) is 1.35. The highest BCUT2D eigenvalue weighted by molar-refractivity contribution is 7.92. The van der Waals surface area contributed by atoms with Gasteiger partial charge in [-0.2, -0.15) is 0 Å². The van der Waals surface area contributed by atoms with Crippen molar-refractivity contribution in [2.24, 2.45) is 0 Å². The molecule has 1 aliphatic heterocycles. The molecule has 0 spiro atoms. The summed E-state index contributed by atoms with van der Waals surface area (Å²) in [7, 11) is 0. The minimum absolute atomic E-state index is 0.850.